The second-order valence-electron chi connectivity index (χ2n) is 4.55. The quantitative estimate of drug-likeness (QED) is 0.862. The van der Waals surface area contributed by atoms with Crippen molar-refractivity contribution < 1.29 is 9.26 Å². The van der Waals surface area contributed by atoms with Gasteiger partial charge in [0.05, 0.1) is 0 Å². The average molecular weight is 261 g/mol. The molecule has 2 N–H and O–H groups in total. The van der Waals surface area contributed by atoms with E-state index < -0.39 is 0 Å². The predicted octanol–water partition coefficient (Wildman–Crippen LogP) is 2.16. The van der Waals surface area contributed by atoms with Crippen molar-refractivity contribution in [3.8, 4) is 5.75 Å². The van der Waals surface area contributed by atoms with Crippen LogP contribution in [-0.2, 0) is 13.0 Å². The lowest BCUT2D eigenvalue weighted by molar-refractivity contribution is 0.283. The van der Waals surface area contributed by atoms with E-state index in [-0.39, 0.29) is 0 Å². The molecule has 0 saturated heterocycles. The molecular weight excluding hydrogens is 242 g/mol. The third kappa shape index (κ3) is 3.79. The first-order valence-corrected chi connectivity index (χ1v) is 6.40. The molecule has 0 radical (unpaired) electrons. The summed E-state index contributed by atoms with van der Waals surface area (Å²) < 4.78 is 10.8. The maximum absolute atomic E-state index is 5.71. The van der Waals surface area contributed by atoms with Gasteiger partial charge in [0.25, 0.3) is 0 Å². The normalized spacial score (nSPS) is 10.7. The Bertz CT molecular complexity index is 537. The van der Waals surface area contributed by atoms with Crippen molar-refractivity contribution in [3.05, 3.63) is 41.0 Å². The number of nitrogens with zero attached hydrogens (tertiary/aromatic N) is 2. The maximum Gasteiger partial charge on any atom is 0.226 e. The van der Waals surface area contributed by atoms with Crippen LogP contribution < -0.4 is 10.5 Å². The van der Waals surface area contributed by atoms with Crippen LogP contribution in [0.3, 0.4) is 0 Å². The van der Waals surface area contributed by atoms with Gasteiger partial charge in [0, 0.05) is 6.42 Å². The van der Waals surface area contributed by atoms with Crippen molar-refractivity contribution in [3.63, 3.8) is 0 Å². The van der Waals surface area contributed by atoms with Crippen LogP contribution in [-0.4, -0.2) is 16.7 Å². The largest absolute Gasteiger partial charge is 0.485 e. The molecule has 0 saturated carbocycles. The van der Waals surface area contributed by atoms with Gasteiger partial charge in [0.15, 0.2) is 6.61 Å². The summed E-state index contributed by atoms with van der Waals surface area (Å²) in [7, 11) is 0. The Balaban J connectivity index is 1.94. The maximum atomic E-state index is 5.71. The van der Waals surface area contributed by atoms with E-state index in [1.807, 2.05) is 26.0 Å². The Morgan fingerprint density at radius 3 is 2.95 bits per heavy atom. The minimum atomic E-state index is 0.316. The van der Waals surface area contributed by atoms with E-state index in [2.05, 4.69) is 16.2 Å². The first kappa shape index (κ1) is 13.5. The molecule has 1 heterocycles. The fraction of sp³-hybridized carbons (Fsp3) is 0.429. The Morgan fingerprint density at radius 1 is 1.32 bits per heavy atom. The summed E-state index contributed by atoms with van der Waals surface area (Å²) >= 11 is 0. The molecule has 0 spiro atoms. The highest BCUT2D eigenvalue weighted by Gasteiger charge is 2.07. The van der Waals surface area contributed by atoms with Gasteiger partial charge >= 0.3 is 0 Å². The van der Waals surface area contributed by atoms with Crippen molar-refractivity contribution in [2.45, 2.75) is 33.3 Å². The van der Waals surface area contributed by atoms with Crippen molar-refractivity contribution in [1.82, 2.24) is 10.1 Å². The van der Waals surface area contributed by atoms with Gasteiger partial charge in [-0.15, -0.1) is 0 Å². The summed E-state index contributed by atoms with van der Waals surface area (Å²) in [6.45, 7) is 4.98. The molecule has 0 unspecified atom stereocenters. The van der Waals surface area contributed by atoms with Gasteiger partial charge in [-0.3, -0.25) is 0 Å². The van der Waals surface area contributed by atoms with E-state index in [9.17, 15) is 0 Å². The highest BCUT2D eigenvalue weighted by Crippen LogP contribution is 2.20. The van der Waals surface area contributed by atoms with Gasteiger partial charge in [0.2, 0.25) is 11.7 Å². The molecule has 0 aliphatic heterocycles. The minimum absolute atomic E-state index is 0.316. The molecule has 5 nitrogen and oxygen atoms in total. The molecule has 2 rings (SSSR count). The van der Waals surface area contributed by atoms with E-state index in [1.165, 1.54) is 0 Å². The number of rotatable bonds is 6. The SMILES string of the molecule is Cc1ccc(C)c(OCc2noc(CCCN)n2)c1. The lowest BCUT2D eigenvalue weighted by atomic mass is 10.1. The van der Waals surface area contributed by atoms with Gasteiger partial charge in [0.1, 0.15) is 5.75 Å². The molecule has 102 valence electrons. The molecule has 0 aliphatic carbocycles. The van der Waals surface area contributed by atoms with Crippen LogP contribution in [0.4, 0.5) is 0 Å². The fourth-order valence-electron chi connectivity index (χ4n) is 1.71. The topological polar surface area (TPSA) is 74.2 Å². The van der Waals surface area contributed by atoms with Gasteiger partial charge in [-0.25, -0.2) is 0 Å². The number of hydrogen-bond donors (Lipinski definition) is 1. The van der Waals surface area contributed by atoms with Crippen LogP contribution in [0.15, 0.2) is 22.7 Å². The molecule has 0 amide bonds. The van der Waals surface area contributed by atoms with Crippen molar-refractivity contribution >= 4 is 0 Å². The highest BCUT2D eigenvalue weighted by atomic mass is 16.5. The highest BCUT2D eigenvalue weighted by molar-refractivity contribution is 5.35. The average Bonchev–Trinajstić information content (AvgIpc) is 2.85. The smallest absolute Gasteiger partial charge is 0.226 e. The zero-order chi connectivity index (χ0) is 13.7. The molecular formula is C14H19N3O2. The zero-order valence-corrected chi connectivity index (χ0v) is 11.3. The fourth-order valence-corrected chi connectivity index (χ4v) is 1.71. The van der Waals surface area contributed by atoms with E-state index in [0.717, 1.165) is 23.3 Å². The van der Waals surface area contributed by atoms with Gasteiger partial charge in [-0.05, 0) is 44.0 Å². The van der Waals surface area contributed by atoms with Crippen molar-refractivity contribution in [1.29, 1.82) is 0 Å². The van der Waals surface area contributed by atoms with Crippen LogP contribution in [0.2, 0.25) is 0 Å². The van der Waals surface area contributed by atoms with Crippen LogP contribution in [0, 0.1) is 13.8 Å². The van der Waals surface area contributed by atoms with E-state index in [1.54, 1.807) is 0 Å². The standard InChI is InChI=1S/C14H19N3O2/c1-10-5-6-11(2)12(8-10)18-9-13-16-14(19-17-13)4-3-7-15/h5-6,8H,3-4,7,9,15H2,1-2H3. The molecule has 19 heavy (non-hydrogen) atoms. The number of nitrogens with two attached hydrogens (primary N) is 1. The molecule has 5 heteroatoms. The summed E-state index contributed by atoms with van der Waals surface area (Å²) in [4.78, 5) is 4.26. The lowest BCUT2D eigenvalue weighted by Crippen LogP contribution is -2.01. The summed E-state index contributed by atoms with van der Waals surface area (Å²) in [5, 5.41) is 3.88. The number of aryl methyl sites for hydroxylation is 3. The Morgan fingerprint density at radius 2 is 2.16 bits per heavy atom. The van der Waals surface area contributed by atoms with E-state index >= 15 is 0 Å². The first-order chi connectivity index (χ1) is 9.19. The van der Waals surface area contributed by atoms with E-state index in [4.69, 9.17) is 15.0 Å². The molecule has 0 bridgehead atoms. The Kier molecular flexibility index (Phi) is 4.52. The van der Waals surface area contributed by atoms with Gasteiger partial charge in [-0.2, -0.15) is 4.98 Å². The van der Waals surface area contributed by atoms with Crippen molar-refractivity contribution in [2.75, 3.05) is 6.54 Å². The summed E-state index contributed by atoms with van der Waals surface area (Å²) in [5.74, 6) is 2.03. The summed E-state index contributed by atoms with van der Waals surface area (Å²) in [6.07, 6.45) is 1.56. The van der Waals surface area contributed by atoms with E-state index in [0.29, 0.717) is 31.3 Å². The number of aromatic nitrogens is 2. The molecule has 2 aromatic rings. The second kappa shape index (κ2) is 6.33. The van der Waals surface area contributed by atoms with Gasteiger partial charge < -0.3 is 15.0 Å². The third-order valence-corrected chi connectivity index (χ3v) is 2.81. The molecule has 0 aliphatic rings. The molecule has 0 fully saturated rings. The summed E-state index contributed by atoms with van der Waals surface area (Å²) in [5.41, 5.74) is 7.69. The Labute approximate surface area is 112 Å². The molecule has 1 aromatic heterocycles. The van der Waals surface area contributed by atoms with Crippen LogP contribution in [0.5, 0.6) is 5.75 Å². The number of ether oxygens (including phenoxy) is 1. The molecule has 0 atom stereocenters. The third-order valence-electron chi connectivity index (χ3n) is 2.81. The molecule has 1 aromatic carbocycles. The number of benzene rings is 1. The lowest BCUT2D eigenvalue weighted by Gasteiger charge is -2.07. The minimum Gasteiger partial charge on any atom is -0.485 e. The van der Waals surface area contributed by atoms with Gasteiger partial charge in [-0.1, -0.05) is 17.3 Å². The van der Waals surface area contributed by atoms with Crippen LogP contribution in [0.1, 0.15) is 29.3 Å². The van der Waals surface area contributed by atoms with Crippen LogP contribution in [0.25, 0.3) is 0 Å². The zero-order valence-electron chi connectivity index (χ0n) is 11.3. The summed E-state index contributed by atoms with van der Waals surface area (Å²) in [6, 6.07) is 6.10. The van der Waals surface area contributed by atoms with Crippen molar-refractivity contribution in [2.24, 2.45) is 5.73 Å². The monoisotopic (exact) mass is 261 g/mol. The Hall–Kier alpha value is -1.88. The predicted molar refractivity (Wildman–Crippen MR) is 71.9 cm³/mol. The first-order valence-electron chi connectivity index (χ1n) is 6.40. The second-order valence-corrected chi connectivity index (χ2v) is 4.55. The number of hydrogen-bond acceptors (Lipinski definition) is 5. The van der Waals surface area contributed by atoms with Crippen LogP contribution >= 0.6 is 0 Å².